The van der Waals surface area contributed by atoms with Crippen LogP contribution in [0.25, 0.3) is 0 Å². The van der Waals surface area contributed by atoms with Crippen LogP contribution in [0.15, 0.2) is 24.3 Å². The molecule has 0 saturated carbocycles. The minimum atomic E-state index is -3.81. The van der Waals surface area contributed by atoms with Crippen LogP contribution in [0.1, 0.15) is 10.4 Å². The fourth-order valence-corrected chi connectivity index (χ4v) is 2.43. The first-order chi connectivity index (χ1) is 8.51. The molecule has 100 valence electrons. The van der Waals surface area contributed by atoms with Crippen LogP contribution in [0.5, 0.6) is 0 Å². The molecule has 1 aromatic rings. The minimum Gasteiger partial charge on any atom is -0.796 e. The number of carbonyl (C=O) groups excluding carboxylic acids is 1. The Labute approximate surface area is 133 Å². The van der Waals surface area contributed by atoms with E-state index in [0.717, 1.165) is 0 Å². The van der Waals surface area contributed by atoms with Crippen molar-refractivity contribution >= 4 is 18.6 Å². The summed E-state index contributed by atoms with van der Waals surface area (Å²) in [4.78, 5) is 23.0. The Bertz CT molecular complexity index is 447. The van der Waals surface area contributed by atoms with E-state index in [9.17, 15) is 14.3 Å². The van der Waals surface area contributed by atoms with Crippen LogP contribution in [-0.2, 0) is 9.30 Å². The van der Waals surface area contributed by atoms with E-state index >= 15 is 0 Å². The molecule has 0 aliphatic rings. The molecule has 1 aromatic carbocycles. The van der Waals surface area contributed by atoms with Gasteiger partial charge in [0.1, 0.15) is 6.61 Å². The predicted molar refractivity (Wildman–Crippen MR) is 63.0 cm³/mol. The molecule has 0 radical (unpaired) electrons. The molecular formula is C11H14NaO6P. The zero-order valence-electron chi connectivity index (χ0n) is 10.6. The number of rotatable bonds is 6. The van der Waals surface area contributed by atoms with E-state index in [-0.39, 0.29) is 59.8 Å². The zero-order valence-corrected chi connectivity index (χ0v) is 13.5. The van der Waals surface area contributed by atoms with Gasteiger partial charge in [0.05, 0.1) is 12.2 Å². The molecule has 1 atom stereocenters. The summed E-state index contributed by atoms with van der Waals surface area (Å²) >= 11 is 0. The van der Waals surface area contributed by atoms with Gasteiger partial charge < -0.3 is 24.4 Å². The maximum atomic E-state index is 11.6. The van der Waals surface area contributed by atoms with Crippen LogP contribution in [0.4, 0.5) is 0 Å². The summed E-state index contributed by atoms with van der Waals surface area (Å²) in [7, 11) is -3.81. The Morgan fingerprint density at radius 3 is 2.26 bits per heavy atom. The average molecular weight is 296 g/mol. The van der Waals surface area contributed by atoms with Crippen LogP contribution < -0.4 is 39.8 Å². The van der Waals surface area contributed by atoms with Crippen molar-refractivity contribution in [1.29, 1.82) is 0 Å². The summed E-state index contributed by atoms with van der Waals surface area (Å²) in [6.07, 6.45) is -0.332. The Morgan fingerprint density at radius 1 is 1.21 bits per heavy atom. The van der Waals surface area contributed by atoms with Gasteiger partial charge in [-0.3, -0.25) is 0 Å². The molecule has 0 heterocycles. The van der Waals surface area contributed by atoms with E-state index in [0.29, 0.717) is 0 Å². The maximum Gasteiger partial charge on any atom is 1.00 e. The number of benzene rings is 1. The predicted octanol–water partition coefficient (Wildman–Crippen LogP) is -3.90. The molecule has 6 nitrogen and oxygen atoms in total. The van der Waals surface area contributed by atoms with Crippen molar-refractivity contribution in [2.24, 2.45) is 0 Å². The summed E-state index contributed by atoms with van der Waals surface area (Å²) in [6.45, 7) is -0.817. The van der Waals surface area contributed by atoms with E-state index in [4.69, 9.17) is 10.2 Å². The van der Waals surface area contributed by atoms with Crippen molar-refractivity contribution in [2.75, 3.05) is 26.0 Å². The van der Waals surface area contributed by atoms with Gasteiger partial charge in [0, 0.05) is 20.1 Å². The van der Waals surface area contributed by atoms with Gasteiger partial charge in [-0.15, -0.1) is 0 Å². The molecular weight excluding hydrogens is 282 g/mol. The first-order valence-electron chi connectivity index (χ1n) is 5.31. The van der Waals surface area contributed by atoms with Crippen molar-refractivity contribution in [3.63, 3.8) is 0 Å². The maximum absolute atomic E-state index is 11.6. The monoisotopic (exact) mass is 296 g/mol. The largest absolute Gasteiger partial charge is 1.00 e. The summed E-state index contributed by atoms with van der Waals surface area (Å²) in [5, 5.41) is 17.2. The third kappa shape index (κ3) is 5.75. The van der Waals surface area contributed by atoms with E-state index < -0.39 is 19.9 Å². The molecule has 0 fully saturated rings. The molecule has 0 aromatic heterocycles. The Morgan fingerprint density at radius 2 is 1.79 bits per heavy atom. The molecule has 0 spiro atoms. The van der Waals surface area contributed by atoms with Crippen molar-refractivity contribution in [2.45, 2.75) is 0 Å². The van der Waals surface area contributed by atoms with Crippen molar-refractivity contribution in [1.82, 2.24) is 0 Å². The average Bonchev–Trinajstić information content (AvgIpc) is 2.36. The summed E-state index contributed by atoms with van der Waals surface area (Å²) in [5.74, 6) is -0.626. The summed E-state index contributed by atoms with van der Waals surface area (Å²) in [6, 6.07) is 5.24. The van der Waals surface area contributed by atoms with Crippen molar-refractivity contribution in [3.8, 4) is 0 Å². The van der Waals surface area contributed by atoms with E-state index in [1.54, 1.807) is 0 Å². The van der Waals surface area contributed by atoms with Crippen LogP contribution in [0.3, 0.4) is 0 Å². The molecule has 0 aliphatic carbocycles. The Balaban J connectivity index is 0.00000324. The quantitative estimate of drug-likeness (QED) is 0.316. The number of hydrogen-bond donors (Lipinski definition) is 2. The first kappa shape index (κ1) is 18.8. The molecule has 2 N–H and O–H groups in total. The Hall–Kier alpha value is -0.200. The number of ether oxygens (including phenoxy) is 1. The van der Waals surface area contributed by atoms with Gasteiger partial charge in [-0.05, 0) is 17.4 Å². The van der Waals surface area contributed by atoms with Gasteiger partial charge in [0.25, 0.3) is 0 Å². The van der Waals surface area contributed by atoms with Crippen LogP contribution in [0, 0.1) is 0 Å². The summed E-state index contributed by atoms with van der Waals surface area (Å²) < 4.78 is 16.3. The van der Waals surface area contributed by atoms with Crippen LogP contribution >= 0.6 is 7.37 Å². The fraction of sp³-hybridized carbons (Fsp3) is 0.364. The van der Waals surface area contributed by atoms with Gasteiger partial charge in [-0.25, -0.2) is 4.79 Å². The number of aliphatic hydroxyl groups is 2. The van der Waals surface area contributed by atoms with E-state index in [1.165, 1.54) is 24.3 Å². The number of aliphatic hydroxyl groups excluding tert-OH is 2. The van der Waals surface area contributed by atoms with Gasteiger partial charge in [-0.1, -0.05) is 12.1 Å². The smallest absolute Gasteiger partial charge is 0.796 e. The SMILES string of the molecule is O=C(OCCO)c1ccc(P(=O)([O-])CCO)cc1.[Na+]. The summed E-state index contributed by atoms with van der Waals surface area (Å²) in [5.41, 5.74) is 0.205. The van der Waals surface area contributed by atoms with Crippen LogP contribution in [0.2, 0.25) is 0 Å². The number of carbonyl (C=O) groups is 1. The topological polar surface area (TPSA) is 107 Å². The number of esters is 1. The van der Waals surface area contributed by atoms with Crippen molar-refractivity contribution < 1.29 is 58.8 Å². The normalized spacial score (nSPS) is 13.2. The second-order valence-corrected chi connectivity index (χ2v) is 5.84. The molecule has 1 unspecified atom stereocenters. The van der Waals surface area contributed by atoms with Crippen LogP contribution in [-0.4, -0.2) is 42.2 Å². The molecule has 1 rings (SSSR count). The molecule has 0 amide bonds. The van der Waals surface area contributed by atoms with Gasteiger partial charge in [-0.2, -0.15) is 0 Å². The third-order valence-electron chi connectivity index (χ3n) is 2.22. The molecule has 0 aliphatic heterocycles. The zero-order chi connectivity index (χ0) is 13.6. The standard InChI is InChI=1S/C11H15O6P.Na/c12-5-7-17-11(14)9-1-3-10(4-2-9)18(15,16)8-6-13;/h1-4,12-13H,5-8H2,(H,15,16);/q;+1/p-1. The van der Waals surface area contributed by atoms with Crippen molar-refractivity contribution in [3.05, 3.63) is 29.8 Å². The number of hydrogen-bond acceptors (Lipinski definition) is 6. The fourth-order valence-electron chi connectivity index (χ4n) is 1.31. The first-order valence-corrected chi connectivity index (χ1v) is 7.12. The second kappa shape index (κ2) is 8.87. The molecule has 0 saturated heterocycles. The molecule has 8 heteroatoms. The minimum absolute atomic E-state index is 0. The molecule has 0 bridgehead atoms. The van der Waals surface area contributed by atoms with E-state index in [2.05, 4.69) is 4.74 Å². The Kier molecular flexibility index (Phi) is 8.78. The van der Waals surface area contributed by atoms with E-state index in [1.807, 2.05) is 0 Å². The van der Waals surface area contributed by atoms with Gasteiger partial charge >= 0.3 is 35.5 Å². The van der Waals surface area contributed by atoms with Gasteiger partial charge in [0.15, 0.2) is 0 Å². The van der Waals surface area contributed by atoms with Gasteiger partial charge in [0.2, 0.25) is 0 Å². The molecule has 19 heavy (non-hydrogen) atoms. The third-order valence-corrected chi connectivity index (χ3v) is 4.09. The second-order valence-electron chi connectivity index (χ2n) is 3.53.